The molecule has 0 saturated heterocycles. The number of phenolic OH excluding ortho intramolecular Hbond substituents is 1. The molecule has 0 unspecified atom stereocenters. The zero-order chi connectivity index (χ0) is 15.2. The second-order valence-electron chi connectivity index (χ2n) is 4.49. The summed E-state index contributed by atoms with van der Waals surface area (Å²) in [6.07, 6.45) is 5.12. The lowest BCUT2D eigenvalue weighted by Crippen LogP contribution is -2.00. The van der Waals surface area contributed by atoms with Crippen LogP contribution in [0.2, 0.25) is 5.02 Å². The highest BCUT2D eigenvalue weighted by atomic mass is 35.5. The van der Waals surface area contributed by atoms with Crippen molar-refractivity contribution in [2.24, 2.45) is 5.73 Å². The van der Waals surface area contributed by atoms with Gasteiger partial charge in [0.1, 0.15) is 5.75 Å². The molecule has 0 spiro atoms. The van der Waals surface area contributed by atoms with E-state index in [1.807, 2.05) is 6.08 Å². The van der Waals surface area contributed by atoms with Crippen molar-refractivity contribution in [3.8, 4) is 5.75 Å². The first kappa shape index (κ1) is 14.9. The summed E-state index contributed by atoms with van der Waals surface area (Å²) in [5.74, 6) is 0.222. The highest BCUT2D eigenvalue weighted by molar-refractivity contribution is 6.30. The molecule has 106 valence electrons. The lowest BCUT2D eigenvalue weighted by molar-refractivity contribution is 0.475. The third-order valence-electron chi connectivity index (χ3n) is 2.83. The summed E-state index contributed by atoms with van der Waals surface area (Å²) in [6, 6.07) is 13.8. The molecule has 0 amide bonds. The third kappa shape index (κ3) is 4.51. The number of nitrogens with two attached hydrogens (primary N) is 1. The van der Waals surface area contributed by atoms with Crippen LogP contribution in [0.5, 0.6) is 5.75 Å². The van der Waals surface area contributed by atoms with Gasteiger partial charge in [-0.3, -0.25) is 0 Å². The molecule has 0 aliphatic heterocycles. The number of benzene rings is 2. The first-order valence-electron chi connectivity index (χ1n) is 6.33. The predicted octanol–water partition coefficient (Wildman–Crippen LogP) is 3.97. The van der Waals surface area contributed by atoms with Crippen LogP contribution in [0.4, 0.5) is 0 Å². The molecule has 0 radical (unpaired) electrons. The summed E-state index contributed by atoms with van der Waals surface area (Å²) in [7, 11) is 0. The lowest BCUT2D eigenvalue weighted by atomic mass is 10.1. The van der Waals surface area contributed by atoms with E-state index in [-0.39, 0.29) is 5.75 Å². The van der Waals surface area contributed by atoms with E-state index in [1.165, 1.54) is 0 Å². The minimum absolute atomic E-state index is 0.222. The Labute approximate surface area is 128 Å². The van der Waals surface area contributed by atoms with Crippen molar-refractivity contribution in [3.05, 3.63) is 82.5 Å². The van der Waals surface area contributed by atoms with Gasteiger partial charge in [0.2, 0.25) is 0 Å². The number of halogens is 1. The van der Waals surface area contributed by atoms with Gasteiger partial charge >= 0.3 is 0 Å². The molecule has 0 atom stereocenters. The van der Waals surface area contributed by atoms with E-state index >= 15 is 0 Å². The summed E-state index contributed by atoms with van der Waals surface area (Å²) < 4.78 is 0. The molecule has 21 heavy (non-hydrogen) atoms. The van der Waals surface area contributed by atoms with Gasteiger partial charge in [-0.25, -0.2) is 0 Å². The predicted molar refractivity (Wildman–Crippen MR) is 87.7 cm³/mol. The summed E-state index contributed by atoms with van der Waals surface area (Å²) in [5, 5.41) is 17.8. The average molecular weight is 299 g/mol. The number of rotatable bonds is 4. The summed E-state index contributed by atoms with van der Waals surface area (Å²) in [4.78, 5) is 0. The van der Waals surface area contributed by atoms with Gasteiger partial charge in [0.05, 0.1) is 5.71 Å². The summed E-state index contributed by atoms with van der Waals surface area (Å²) >= 11 is 5.81. The number of hydrogen-bond donors (Lipinski definition) is 3. The standard InChI is InChI=1S/C17H15ClN2O/c18-14-6-4-13(5-7-14)17(20)11-15(19)8-1-12-2-9-16(21)10-3-12/h1-11,20-21H,19H2/b8-1+,15-11-,20-17?. The minimum Gasteiger partial charge on any atom is -0.508 e. The number of aromatic hydroxyl groups is 1. The van der Waals surface area contributed by atoms with Crippen molar-refractivity contribution in [1.82, 2.24) is 0 Å². The SMILES string of the molecule is N=C(/C=C(N)/C=C/c1ccc(O)cc1)c1ccc(Cl)cc1. The molecule has 4 N–H and O–H groups in total. The molecule has 0 saturated carbocycles. The molecule has 4 heteroatoms. The Hall–Kier alpha value is -2.52. The fourth-order valence-corrected chi connectivity index (χ4v) is 1.83. The van der Waals surface area contributed by atoms with Crippen molar-refractivity contribution >= 4 is 23.4 Å². The van der Waals surface area contributed by atoms with Crippen LogP contribution < -0.4 is 5.73 Å². The number of allylic oxidation sites excluding steroid dienone is 2. The second-order valence-corrected chi connectivity index (χ2v) is 4.93. The maximum atomic E-state index is 9.20. The van der Waals surface area contributed by atoms with Crippen LogP contribution in [0.25, 0.3) is 6.08 Å². The van der Waals surface area contributed by atoms with Gasteiger partial charge in [0.15, 0.2) is 0 Å². The van der Waals surface area contributed by atoms with Gasteiger partial charge < -0.3 is 16.2 Å². The van der Waals surface area contributed by atoms with Gasteiger partial charge in [-0.15, -0.1) is 0 Å². The molecule has 0 aliphatic carbocycles. The second kappa shape index (κ2) is 6.77. The van der Waals surface area contributed by atoms with Crippen LogP contribution in [0.1, 0.15) is 11.1 Å². The minimum atomic E-state index is 0.222. The average Bonchev–Trinajstić information content (AvgIpc) is 2.47. The lowest BCUT2D eigenvalue weighted by Gasteiger charge is -2.00. The summed E-state index contributed by atoms with van der Waals surface area (Å²) in [6.45, 7) is 0. The van der Waals surface area contributed by atoms with Crippen molar-refractivity contribution in [1.29, 1.82) is 5.41 Å². The van der Waals surface area contributed by atoms with Crippen molar-refractivity contribution in [2.45, 2.75) is 0 Å². The first-order valence-corrected chi connectivity index (χ1v) is 6.71. The normalized spacial score (nSPS) is 11.8. The smallest absolute Gasteiger partial charge is 0.115 e. The Bertz CT molecular complexity index is 686. The van der Waals surface area contributed by atoms with Gasteiger partial charge in [0, 0.05) is 10.7 Å². The highest BCUT2D eigenvalue weighted by Gasteiger charge is 1.98. The topological polar surface area (TPSA) is 70.1 Å². The van der Waals surface area contributed by atoms with Crippen LogP contribution in [0.15, 0.2) is 66.4 Å². The number of phenols is 1. The fraction of sp³-hybridized carbons (Fsp3) is 0. The zero-order valence-corrected chi connectivity index (χ0v) is 12.0. The van der Waals surface area contributed by atoms with E-state index in [0.717, 1.165) is 11.1 Å². The number of nitrogens with one attached hydrogen (secondary N) is 1. The Balaban J connectivity index is 2.08. The fourth-order valence-electron chi connectivity index (χ4n) is 1.71. The molecular weight excluding hydrogens is 284 g/mol. The molecule has 0 aliphatic rings. The van der Waals surface area contributed by atoms with E-state index in [1.54, 1.807) is 60.7 Å². The molecule has 3 nitrogen and oxygen atoms in total. The van der Waals surface area contributed by atoms with Crippen molar-refractivity contribution in [3.63, 3.8) is 0 Å². The summed E-state index contributed by atoms with van der Waals surface area (Å²) in [5.41, 5.74) is 8.34. The molecule has 2 rings (SSSR count). The van der Waals surface area contributed by atoms with Crippen LogP contribution in [0, 0.1) is 5.41 Å². The van der Waals surface area contributed by atoms with E-state index in [2.05, 4.69) is 0 Å². The van der Waals surface area contributed by atoms with Crippen molar-refractivity contribution < 1.29 is 5.11 Å². The van der Waals surface area contributed by atoms with Crippen LogP contribution in [0.3, 0.4) is 0 Å². The van der Waals surface area contributed by atoms with Crippen LogP contribution in [-0.2, 0) is 0 Å². The first-order chi connectivity index (χ1) is 10.0. The van der Waals surface area contributed by atoms with Crippen LogP contribution >= 0.6 is 11.6 Å². The molecule has 0 aromatic heterocycles. The maximum Gasteiger partial charge on any atom is 0.115 e. The monoisotopic (exact) mass is 298 g/mol. The third-order valence-corrected chi connectivity index (χ3v) is 3.08. The Morgan fingerprint density at radius 1 is 1.05 bits per heavy atom. The molecule has 0 heterocycles. The Morgan fingerprint density at radius 2 is 1.67 bits per heavy atom. The zero-order valence-electron chi connectivity index (χ0n) is 11.3. The highest BCUT2D eigenvalue weighted by Crippen LogP contribution is 2.12. The van der Waals surface area contributed by atoms with Gasteiger partial charge in [-0.2, -0.15) is 0 Å². The van der Waals surface area contributed by atoms with Crippen LogP contribution in [-0.4, -0.2) is 10.8 Å². The van der Waals surface area contributed by atoms with Gasteiger partial charge in [0.25, 0.3) is 0 Å². The molecular formula is C17H15ClN2O. The molecule has 2 aromatic rings. The molecule has 2 aromatic carbocycles. The Kier molecular flexibility index (Phi) is 4.80. The van der Waals surface area contributed by atoms with Gasteiger partial charge in [-0.05, 0) is 47.5 Å². The largest absolute Gasteiger partial charge is 0.508 e. The van der Waals surface area contributed by atoms with E-state index in [9.17, 15) is 5.11 Å². The quantitative estimate of drug-likeness (QED) is 0.590. The maximum absolute atomic E-state index is 9.20. The van der Waals surface area contributed by atoms with Crippen molar-refractivity contribution in [2.75, 3.05) is 0 Å². The number of hydrogen-bond acceptors (Lipinski definition) is 3. The molecule has 0 bridgehead atoms. The van der Waals surface area contributed by atoms with E-state index in [0.29, 0.717) is 16.4 Å². The molecule has 0 fully saturated rings. The van der Waals surface area contributed by atoms with E-state index in [4.69, 9.17) is 22.7 Å². The van der Waals surface area contributed by atoms with Gasteiger partial charge in [-0.1, -0.05) is 41.9 Å². The van der Waals surface area contributed by atoms with E-state index < -0.39 is 0 Å². The Morgan fingerprint density at radius 3 is 2.29 bits per heavy atom.